The van der Waals surface area contributed by atoms with Gasteiger partial charge in [-0.2, -0.15) is 5.26 Å². The molecule has 1 aliphatic carbocycles. The summed E-state index contributed by atoms with van der Waals surface area (Å²) in [5, 5.41) is 12.2. The molecular weight excluding hydrogens is 212 g/mol. The molecule has 3 nitrogen and oxygen atoms in total. The van der Waals surface area contributed by atoms with Crippen LogP contribution in [-0.4, -0.2) is 24.8 Å². The first kappa shape index (κ1) is 14.5. The lowest BCUT2D eigenvalue weighted by atomic mass is 9.89. The van der Waals surface area contributed by atoms with Gasteiger partial charge in [0.2, 0.25) is 0 Å². The molecule has 3 heteroatoms. The van der Waals surface area contributed by atoms with Crippen LogP contribution < -0.4 is 5.32 Å². The van der Waals surface area contributed by atoms with Crippen molar-refractivity contribution in [2.45, 2.75) is 71.1 Å². The summed E-state index contributed by atoms with van der Waals surface area (Å²) in [7, 11) is 0. The molecule has 17 heavy (non-hydrogen) atoms. The summed E-state index contributed by atoms with van der Waals surface area (Å²) in [4.78, 5) is 0. The maximum atomic E-state index is 8.99. The molecule has 0 aromatic rings. The van der Waals surface area contributed by atoms with Crippen molar-refractivity contribution in [3.05, 3.63) is 0 Å². The van der Waals surface area contributed by atoms with Crippen molar-refractivity contribution in [1.82, 2.24) is 5.32 Å². The highest BCUT2D eigenvalue weighted by Gasteiger charge is 2.19. The van der Waals surface area contributed by atoms with E-state index in [2.05, 4.69) is 32.2 Å². The van der Waals surface area contributed by atoms with Crippen LogP contribution >= 0.6 is 0 Å². The highest BCUT2D eigenvalue weighted by molar-refractivity contribution is 4.90. The molecule has 0 aliphatic heterocycles. The molecule has 1 N–H and O–H groups in total. The largest absolute Gasteiger partial charge is 0.378 e. The van der Waals surface area contributed by atoms with Crippen molar-refractivity contribution in [2.24, 2.45) is 5.92 Å². The van der Waals surface area contributed by atoms with Crippen LogP contribution in [0.2, 0.25) is 0 Å². The fourth-order valence-corrected chi connectivity index (χ4v) is 2.47. The molecule has 0 heterocycles. The predicted molar refractivity (Wildman–Crippen MR) is 69.7 cm³/mol. The number of hydrogen-bond acceptors (Lipinski definition) is 3. The Morgan fingerprint density at radius 1 is 1.41 bits per heavy atom. The van der Waals surface area contributed by atoms with Crippen LogP contribution in [0.25, 0.3) is 0 Å². The third kappa shape index (κ3) is 6.05. The van der Waals surface area contributed by atoms with E-state index in [0.717, 1.165) is 12.3 Å². The van der Waals surface area contributed by atoms with Crippen LogP contribution in [0.3, 0.4) is 0 Å². The summed E-state index contributed by atoms with van der Waals surface area (Å²) in [6.45, 7) is 7.13. The van der Waals surface area contributed by atoms with Gasteiger partial charge in [-0.05, 0) is 39.0 Å². The molecule has 1 saturated carbocycles. The van der Waals surface area contributed by atoms with Gasteiger partial charge in [0.15, 0.2) is 0 Å². The van der Waals surface area contributed by atoms with Gasteiger partial charge in [0.25, 0.3) is 0 Å². The molecule has 3 unspecified atom stereocenters. The lowest BCUT2D eigenvalue weighted by Gasteiger charge is -2.27. The Balaban J connectivity index is 2.15. The maximum absolute atomic E-state index is 8.99. The fraction of sp³-hybridized carbons (Fsp3) is 0.929. The van der Waals surface area contributed by atoms with Crippen LogP contribution in [-0.2, 0) is 4.74 Å². The summed E-state index contributed by atoms with van der Waals surface area (Å²) in [5.74, 6) is 0.800. The monoisotopic (exact) mass is 238 g/mol. The summed E-state index contributed by atoms with van der Waals surface area (Å²) >= 11 is 0. The van der Waals surface area contributed by atoms with Crippen LogP contribution in [0, 0.1) is 17.2 Å². The maximum Gasteiger partial charge on any atom is 0.0976 e. The minimum atomic E-state index is -0.0731. The average Bonchev–Trinajstić information content (AvgIpc) is 2.27. The van der Waals surface area contributed by atoms with E-state index < -0.39 is 0 Å². The Kier molecular flexibility index (Phi) is 6.54. The van der Waals surface area contributed by atoms with E-state index in [1.165, 1.54) is 25.7 Å². The third-order valence-electron chi connectivity index (χ3n) is 3.34. The Hall–Kier alpha value is -0.590. The van der Waals surface area contributed by atoms with Crippen molar-refractivity contribution in [2.75, 3.05) is 6.61 Å². The first-order valence-corrected chi connectivity index (χ1v) is 6.89. The van der Waals surface area contributed by atoms with Gasteiger partial charge >= 0.3 is 0 Å². The zero-order chi connectivity index (χ0) is 12.7. The lowest BCUT2D eigenvalue weighted by molar-refractivity contribution is 0.0127. The SMILES string of the molecule is CC1CCCC(OCCC(C#N)NC(C)C)C1. The second-order valence-electron chi connectivity index (χ2n) is 5.56. The molecule has 0 saturated heterocycles. The van der Waals surface area contributed by atoms with E-state index in [4.69, 9.17) is 10.00 Å². The van der Waals surface area contributed by atoms with Gasteiger partial charge in [-0.15, -0.1) is 0 Å². The minimum absolute atomic E-state index is 0.0731. The first-order chi connectivity index (χ1) is 8.11. The van der Waals surface area contributed by atoms with Crippen molar-refractivity contribution >= 4 is 0 Å². The summed E-state index contributed by atoms with van der Waals surface area (Å²) < 4.78 is 5.88. The summed E-state index contributed by atoms with van der Waals surface area (Å²) in [5.41, 5.74) is 0. The zero-order valence-electron chi connectivity index (χ0n) is 11.4. The molecule has 98 valence electrons. The average molecular weight is 238 g/mol. The van der Waals surface area contributed by atoms with Gasteiger partial charge in [0.1, 0.15) is 0 Å². The van der Waals surface area contributed by atoms with E-state index in [0.29, 0.717) is 18.8 Å². The lowest BCUT2D eigenvalue weighted by Crippen LogP contribution is -2.35. The molecule has 0 aromatic heterocycles. The second-order valence-corrected chi connectivity index (χ2v) is 5.56. The summed E-state index contributed by atoms with van der Waals surface area (Å²) in [6.07, 6.45) is 6.23. The van der Waals surface area contributed by atoms with E-state index in [9.17, 15) is 0 Å². The van der Waals surface area contributed by atoms with Crippen molar-refractivity contribution in [3.63, 3.8) is 0 Å². The van der Waals surface area contributed by atoms with Crippen LogP contribution in [0.4, 0.5) is 0 Å². The number of rotatable bonds is 6. The quantitative estimate of drug-likeness (QED) is 0.774. The number of ether oxygens (including phenoxy) is 1. The fourth-order valence-electron chi connectivity index (χ4n) is 2.47. The summed E-state index contributed by atoms with van der Waals surface area (Å²) in [6, 6.07) is 2.57. The Labute approximate surface area is 106 Å². The van der Waals surface area contributed by atoms with Gasteiger partial charge in [0, 0.05) is 12.6 Å². The normalized spacial score (nSPS) is 26.8. The Morgan fingerprint density at radius 3 is 2.76 bits per heavy atom. The van der Waals surface area contributed by atoms with Gasteiger partial charge in [-0.25, -0.2) is 0 Å². The Morgan fingerprint density at radius 2 is 2.18 bits per heavy atom. The van der Waals surface area contributed by atoms with Crippen molar-refractivity contribution in [3.8, 4) is 6.07 Å². The standard InChI is InChI=1S/C14H26N2O/c1-11(2)16-13(10-15)7-8-17-14-6-4-5-12(3)9-14/h11-14,16H,4-9H2,1-3H3. The smallest absolute Gasteiger partial charge is 0.0976 e. The molecule has 3 atom stereocenters. The second kappa shape index (κ2) is 7.68. The first-order valence-electron chi connectivity index (χ1n) is 6.89. The molecule has 1 fully saturated rings. The third-order valence-corrected chi connectivity index (χ3v) is 3.34. The van der Waals surface area contributed by atoms with Crippen LogP contribution in [0.5, 0.6) is 0 Å². The molecular formula is C14H26N2O. The number of hydrogen-bond donors (Lipinski definition) is 1. The van der Waals surface area contributed by atoms with E-state index >= 15 is 0 Å². The Bertz CT molecular complexity index is 247. The molecule has 0 radical (unpaired) electrons. The van der Waals surface area contributed by atoms with E-state index in [-0.39, 0.29) is 6.04 Å². The predicted octanol–water partition coefficient (Wildman–Crippen LogP) is 2.86. The molecule has 0 amide bonds. The van der Waals surface area contributed by atoms with Crippen molar-refractivity contribution in [1.29, 1.82) is 5.26 Å². The highest BCUT2D eigenvalue weighted by atomic mass is 16.5. The van der Waals surface area contributed by atoms with Gasteiger partial charge in [0.05, 0.1) is 18.2 Å². The topological polar surface area (TPSA) is 45.0 Å². The number of nitriles is 1. The molecule has 1 aliphatic rings. The minimum Gasteiger partial charge on any atom is -0.378 e. The van der Waals surface area contributed by atoms with Gasteiger partial charge < -0.3 is 4.74 Å². The highest BCUT2D eigenvalue weighted by Crippen LogP contribution is 2.25. The van der Waals surface area contributed by atoms with E-state index in [1.54, 1.807) is 0 Å². The van der Waals surface area contributed by atoms with Gasteiger partial charge in [-0.1, -0.05) is 19.8 Å². The molecule has 0 spiro atoms. The number of nitrogens with zero attached hydrogens (tertiary/aromatic N) is 1. The molecule has 0 aromatic carbocycles. The van der Waals surface area contributed by atoms with Crippen LogP contribution in [0.1, 0.15) is 52.9 Å². The van der Waals surface area contributed by atoms with E-state index in [1.807, 2.05) is 0 Å². The molecule has 1 rings (SSSR count). The van der Waals surface area contributed by atoms with Gasteiger partial charge in [-0.3, -0.25) is 5.32 Å². The van der Waals surface area contributed by atoms with Crippen LogP contribution in [0.15, 0.2) is 0 Å². The number of nitrogens with one attached hydrogen (secondary N) is 1. The molecule has 0 bridgehead atoms. The zero-order valence-corrected chi connectivity index (χ0v) is 11.4. The van der Waals surface area contributed by atoms with Crippen molar-refractivity contribution < 1.29 is 4.74 Å².